The molecule has 8 heteroatoms. The van der Waals surface area contributed by atoms with Crippen molar-refractivity contribution in [2.75, 3.05) is 6.61 Å². The zero-order valence-corrected chi connectivity index (χ0v) is 18.0. The summed E-state index contributed by atoms with van der Waals surface area (Å²) in [6.45, 7) is 7.76. The van der Waals surface area contributed by atoms with Crippen LogP contribution in [0.4, 0.5) is 0 Å². The van der Waals surface area contributed by atoms with Crippen molar-refractivity contribution in [3.8, 4) is 5.82 Å². The number of halogens is 1. The van der Waals surface area contributed by atoms with E-state index >= 15 is 0 Å². The van der Waals surface area contributed by atoms with Crippen LogP contribution >= 0.6 is 11.6 Å². The molecule has 3 atom stereocenters. The third-order valence-corrected chi connectivity index (χ3v) is 5.94. The molecule has 0 spiro atoms. The van der Waals surface area contributed by atoms with Crippen LogP contribution in [0.2, 0.25) is 5.02 Å². The van der Waals surface area contributed by atoms with Gasteiger partial charge in [-0.25, -0.2) is 14.5 Å². The monoisotopic (exact) mass is 418 g/mol. The highest BCUT2D eigenvalue weighted by Gasteiger charge is 2.28. The van der Waals surface area contributed by atoms with E-state index in [1.165, 1.54) is 6.42 Å². The molecule has 2 aromatic heterocycles. The van der Waals surface area contributed by atoms with Crippen LogP contribution in [-0.4, -0.2) is 39.3 Å². The van der Waals surface area contributed by atoms with Gasteiger partial charge >= 0.3 is 5.97 Å². The average molecular weight is 419 g/mol. The molecule has 1 aliphatic carbocycles. The Morgan fingerprint density at radius 3 is 2.72 bits per heavy atom. The number of hydrogen-bond donors (Lipinski definition) is 1. The second-order valence-electron chi connectivity index (χ2n) is 7.86. The lowest BCUT2D eigenvalue weighted by molar-refractivity contribution is -0.125. The summed E-state index contributed by atoms with van der Waals surface area (Å²) in [5.74, 6) is 0.379. The number of aromatic nitrogens is 3. The molecule has 3 unspecified atom stereocenters. The molecule has 1 aliphatic rings. The Hall–Kier alpha value is -2.41. The van der Waals surface area contributed by atoms with Gasteiger partial charge in [-0.1, -0.05) is 38.3 Å². The van der Waals surface area contributed by atoms with Crippen LogP contribution in [0.15, 0.2) is 18.2 Å². The number of nitrogens with zero attached hydrogens (tertiary/aromatic N) is 3. The summed E-state index contributed by atoms with van der Waals surface area (Å²) >= 11 is 6.14. The molecule has 156 valence electrons. The molecule has 1 N–H and O–H groups in total. The molecule has 0 radical (unpaired) electrons. The standard InChI is InChI=1S/C21H27ClN4O3/c1-12-6-5-7-17(15(12)4)23-19(27)11-29-21(28)20-16(22)8-9-18(24-20)26-14(3)10-13(2)25-26/h8-10,12,15,17H,5-7,11H2,1-4H3,(H,23,27). The first-order chi connectivity index (χ1) is 13.8. The average Bonchev–Trinajstić information content (AvgIpc) is 3.02. The lowest BCUT2D eigenvalue weighted by Gasteiger charge is -2.34. The summed E-state index contributed by atoms with van der Waals surface area (Å²) in [5.41, 5.74) is 1.68. The fraction of sp³-hybridized carbons (Fsp3) is 0.524. The van der Waals surface area contributed by atoms with Gasteiger partial charge in [0.15, 0.2) is 18.1 Å². The summed E-state index contributed by atoms with van der Waals surface area (Å²) in [6.07, 6.45) is 3.22. The van der Waals surface area contributed by atoms with E-state index < -0.39 is 5.97 Å². The van der Waals surface area contributed by atoms with E-state index in [2.05, 4.69) is 29.2 Å². The molecule has 0 saturated heterocycles. The molecule has 0 bridgehead atoms. The molecule has 29 heavy (non-hydrogen) atoms. The van der Waals surface area contributed by atoms with Crippen molar-refractivity contribution in [2.45, 2.75) is 53.0 Å². The topological polar surface area (TPSA) is 86.1 Å². The lowest BCUT2D eigenvalue weighted by Crippen LogP contribution is -2.45. The van der Waals surface area contributed by atoms with Crippen molar-refractivity contribution in [2.24, 2.45) is 11.8 Å². The second-order valence-corrected chi connectivity index (χ2v) is 8.26. The van der Waals surface area contributed by atoms with E-state index in [0.717, 1.165) is 24.2 Å². The Bertz CT molecular complexity index is 911. The first-order valence-corrected chi connectivity index (χ1v) is 10.3. The summed E-state index contributed by atoms with van der Waals surface area (Å²) < 4.78 is 6.80. The van der Waals surface area contributed by atoms with Crippen molar-refractivity contribution in [1.29, 1.82) is 0 Å². The van der Waals surface area contributed by atoms with Crippen LogP contribution in [0, 0.1) is 25.7 Å². The van der Waals surface area contributed by atoms with E-state index in [-0.39, 0.29) is 29.3 Å². The molecular formula is C21H27ClN4O3. The number of carbonyl (C=O) groups excluding carboxylic acids is 2. The Morgan fingerprint density at radius 2 is 2.03 bits per heavy atom. The number of esters is 1. The van der Waals surface area contributed by atoms with Gasteiger partial charge in [-0.15, -0.1) is 0 Å². The van der Waals surface area contributed by atoms with Crippen molar-refractivity contribution in [1.82, 2.24) is 20.1 Å². The minimum atomic E-state index is -0.737. The van der Waals surface area contributed by atoms with Gasteiger partial charge in [0.05, 0.1) is 10.7 Å². The van der Waals surface area contributed by atoms with Crippen LogP contribution in [0.3, 0.4) is 0 Å². The van der Waals surface area contributed by atoms with Crippen LogP contribution < -0.4 is 5.32 Å². The fourth-order valence-corrected chi connectivity index (χ4v) is 3.97. The number of carbonyl (C=O) groups is 2. The van der Waals surface area contributed by atoms with Crippen LogP contribution in [-0.2, 0) is 9.53 Å². The number of nitrogens with one attached hydrogen (secondary N) is 1. The number of rotatable bonds is 5. The molecule has 2 heterocycles. The molecule has 1 fully saturated rings. The van der Waals surface area contributed by atoms with Gasteiger partial charge in [-0.2, -0.15) is 5.10 Å². The fourth-order valence-electron chi connectivity index (χ4n) is 3.79. The van der Waals surface area contributed by atoms with E-state index in [9.17, 15) is 9.59 Å². The normalized spacial score (nSPS) is 21.6. The van der Waals surface area contributed by atoms with Crippen molar-refractivity contribution >= 4 is 23.5 Å². The van der Waals surface area contributed by atoms with Gasteiger partial charge < -0.3 is 10.1 Å². The largest absolute Gasteiger partial charge is 0.451 e. The van der Waals surface area contributed by atoms with Gasteiger partial charge in [0.1, 0.15) is 0 Å². The first kappa shape index (κ1) is 21.3. The smallest absolute Gasteiger partial charge is 0.359 e. The Morgan fingerprint density at radius 1 is 1.28 bits per heavy atom. The van der Waals surface area contributed by atoms with Gasteiger partial charge in [0.25, 0.3) is 5.91 Å². The maximum atomic E-state index is 12.5. The molecule has 2 aromatic rings. The van der Waals surface area contributed by atoms with Crippen molar-refractivity contribution in [3.63, 3.8) is 0 Å². The third-order valence-electron chi connectivity index (χ3n) is 5.64. The molecule has 0 aliphatic heterocycles. The number of hydrogen-bond acceptors (Lipinski definition) is 5. The Kier molecular flexibility index (Phi) is 6.57. The van der Waals surface area contributed by atoms with E-state index in [1.54, 1.807) is 16.8 Å². The van der Waals surface area contributed by atoms with Gasteiger partial charge in [-0.05, 0) is 50.3 Å². The molecular weight excluding hydrogens is 392 g/mol. The minimum absolute atomic E-state index is 0.0378. The zero-order valence-electron chi connectivity index (χ0n) is 17.2. The summed E-state index contributed by atoms with van der Waals surface area (Å²) in [7, 11) is 0. The summed E-state index contributed by atoms with van der Waals surface area (Å²) in [4.78, 5) is 29.0. The van der Waals surface area contributed by atoms with Gasteiger partial charge in [0.2, 0.25) is 0 Å². The third kappa shape index (κ3) is 4.96. The predicted octanol–water partition coefficient (Wildman–Crippen LogP) is 3.64. The summed E-state index contributed by atoms with van der Waals surface area (Å²) in [5, 5.41) is 7.50. The highest BCUT2D eigenvalue weighted by Crippen LogP contribution is 2.29. The highest BCUT2D eigenvalue weighted by molar-refractivity contribution is 6.33. The SMILES string of the molecule is Cc1cc(C)n(-c2ccc(Cl)c(C(=O)OCC(=O)NC3CCCC(C)C3C)n2)n1. The molecule has 1 saturated carbocycles. The quantitative estimate of drug-likeness (QED) is 0.749. The minimum Gasteiger partial charge on any atom is -0.451 e. The van der Waals surface area contributed by atoms with Gasteiger partial charge in [-0.3, -0.25) is 4.79 Å². The van der Waals surface area contributed by atoms with Crippen molar-refractivity contribution < 1.29 is 14.3 Å². The Balaban J connectivity index is 1.64. The van der Waals surface area contributed by atoms with Crippen LogP contribution in [0.25, 0.3) is 5.82 Å². The predicted molar refractivity (Wildman–Crippen MR) is 110 cm³/mol. The maximum Gasteiger partial charge on any atom is 0.359 e. The molecule has 0 aromatic carbocycles. The molecule has 3 rings (SSSR count). The first-order valence-electron chi connectivity index (χ1n) is 9.93. The molecule has 1 amide bonds. The number of pyridine rings is 1. The van der Waals surface area contributed by atoms with Gasteiger partial charge in [0, 0.05) is 11.7 Å². The van der Waals surface area contributed by atoms with E-state index in [1.807, 2.05) is 19.9 Å². The second kappa shape index (κ2) is 8.95. The van der Waals surface area contributed by atoms with E-state index in [4.69, 9.17) is 16.3 Å². The Labute approximate surface area is 175 Å². The number of ether oxygens (including phenoxy) is 1. The van der Waals surface area contributed by atoms with E-state index in [0.29, 0.717) is 17.7 Å². The lowest BCUT2D eigenvalue weighted by atomic mass is 9.78. The highest BCUT2D eigenvalue weighted by atomic mass is 35.5. The number of amides is 1. The molecule has 7 nitrogen and oxygen atoms in total. The zero-order chi connectivity index (χ0) is 21.1. The van der Waals surface area contributed by atoms with Crippen molar-refractivity contribution in [3.05, 3.63) is 40.3 Å². The van der Waals surface area contributed by atoms with Crippen LogP contribution in [0.1, 0.15) is 55.0 Å². The number of aryl methyl sites for hydroxylation is 2. The summed E-state index contributed by atoms with van der Waals surface area (Å²) in [6, 6.07) is 5.27. The van der Waals surface area contributed by atoms with Crippen LogP contribution in [0.5, 0.6) is 0 Å². The maximum absolute atomic E-state index is 12.5.